The second-order valence-electron chi connectivity index (χ2n) is 6.75. The number of carboxylic acid groups (broad SMARTS) is 1. The van der Waals surface area contributed by atoms with Crippen LogP contribution in [-0.2, 0) is 4.79 Å². The van der Waals surface area contributed by atoms with E-state index in [-0.39, 0.29) is 0 Å². The fourth-order valence-electron chi connectivity index (χ4n) is 3.35. The Morgan fingerprint density at radius 1 is 1.23 bits per heavy atom. The third-order valence-corrected chi connectivity index (χ3v) is 5.65. The molecule has 0 saturated carbocycles. The molecule has 0 fully saturated rings. The number of carbonyl (C=O) groups is 1. The van der Waals surface area contributed by atoms with Crippen LogP contribution in [0.2, 0.25) is 0 Å². The van der Waals surface area contributed by atoms with E-state index >= 15 is 0 Å². The number of fused-ring (bicyclic) bond motifs is 3. The number of para-hydroxylation sites is 1. The van der Waals surface area contributed by atoms with Crippen molar-refractivity contribution >= 4 is 44.4 Å². The van der Waals surface area contributed by atoms with Gasteiger partial charge in [0, 0.05) is 22.0 Å². The molecule has 0 bridgehead atoms. The molecule has 0 spiro atoms. The van der Waals surface area contributed by atoms with E-state index in [0.29, 0.717) is 29.5 Å². The smallest absolute Gasteiger partial charge is 0.326 e. The van der Waals surface area contributed by atoms with Gasteiger partial charge < -0.3 is 14.7 Å². The van der Waals surface area contributed by atoms with Gasteiger partial charge >= 0.3 is 5.97 Å². The molecular formula is C21H20BrN5O3. The third kappa shape index (κ3) is 3.35. The Morgan fingerprint density at radius 3 is 2.60 bits per heavy atom. The zero-order valence-electron chi connectivity index (χ0n) is 16.7. The standard InChI is InChI=1S/C21H20BrN5O3/c1-4-26(12(2)20(28)29)21-23-17-15(6-5-7-16(17)22)19-24-18(25-27(19)21)13-8-10-14(30-3)11-9-13/h5-12H,4H2,1-3H3,(H,28,29)/t12-/m1/s1. The molecule has 0 aliphatic rings. The number of carboxylic acids is 1. The lowest BCUT2D eigenvalue weighted by Gasteiger charge is -2.26. The van der Waals surface area contributed by atoms with E-state index in [4.69, 9.17) is 14.7 Å². The molecule has 154 valence electrons. The number of hydrogen-bond donors (Lipinski definition) is 1. The predicted octanol–water partition coefficient (Wildman–Crippen LogP) is 4.02. The van der Waals surface area contributed by atoms with Gasteiger partial charge in [0.25, 0.3) is 0 Å². The number of ether oxygens (including phenoxy) is 1. The minimum absolute atomic E-state index is 0.425. The average Bonchev–Trinajstić information content (AvgIpc) is 3.20. The Bertz CT molecular complexity index is 1240. The van der Waals surface area contributed by atoms with Gasteiger partial charge in [-0.3, -0.25) is 0 Å². The molecule has 0 radical (unpaired) electrons. The van der Waals surface area contributed by atoms with Crippen LogP contribution in [0.1, 0.15) is 13.8 Å². The van der Waals surface area contributed by atoms with Crippen molar-refractivity contribution in [3.05, 3.63) is 46.9 Å². The first-order valence-electron chi connectivity index (χ1n) is 9.43. The fourth-order valence-corrected chi connectivity index (χ4v) is 3.81. The highest BCUT2D eigenvalue weighted by Crippen LogP contribution is 2.30. The van der Waals surface area contributed by atoms with Gasteiger partial charge in [-0.15, -0.1) is 5.10 Å². The van der Waals surface area contributed by atoms with Gasteiger partial charge in [-0.1, -0.05) is 6.07 Å². The summed E-state index contributed by atoms with van der Waals surface area (Å²) in [6.45, 7) is 3.96. The Hall–Kier alpha value is -3.20. The molecule has 0 saturated heterocycles. The maximum Gasteiger partial charge on any atom is 0.326 e. The van der Waals surface area contributed by atoms with Crippen LogP contribution >= 0.6 is 15.9 Å². The molecular weight excluding hydrogens is 450 g/mol. The van der Waals surface area contributed by atoms with Crippen molar-refractivity contribution in [2.24, 2.45) is 0 Å². The number of hydrogen-bond acceptors (Lipinski definition) is 6. The van der Waals surface area contributed by atoms with E-state index in [1.54, 1.807) is 23.4 Å². The summed E-state index contributed by atoms with van der Waals surface area (Å²) in [6.07, 6.45) is 0. The Morgan fingerprint density at radius 2 is 1.97 bits per heavy atom. The first-order valence-corrected chi connectivity index (χ1v) is 10.2. The molecule has 4 rings (SSSR count). The van der Waals surface area contributed by atoms with Crippen LogP contribution in [0.3, 0.4) is 0 Å². The summed E-state index contributed by atoms with van der Waals surface area (Å²) in [5, 5.41) is 15.1. The van der Waals surface area contributed by atoms with E-state index in [2.05, 4.69) is 21.0 Å². The highest BCUT2D eigenvalue weighted by Gasteiger charge is 2.25. The first kappa shape index (κ1) is 20.1. The Balaban J connectivity index is 2.00. The summed E-state index contributed by atoms with van der Waals surface area (Å²) in [4.78, 5) is 22.9. The second-order valence-corrected chi connectivity index (χ2v) is 7.60. The monoisotopic (exact) mass is 469 g/mol. The van der Waals surface area contributed by atoms with Crippen LogP contribution in [0, 0.1) is 0 Å². The number of likely N-dealkylation sites (N-methyl/N-ethyl adjacent to an activating group) is 1. The second kappa shape index (κ2) is 7.91. The molecule has 2 heterocycles. The third-order valence-electron chi connectivity index (χ3n) is 5.01. The minimum Gasteiger partial charge on any atom is -0.497 e. The summed E-state index contributed by atoms with van der Waals surface area (Å²) < 4.78 is 7.65. The van der Waals surface area contributed by atoms with Gasteiger partial charge in [0.1, 0.15) is 11.8 Å². The van der Waals surface area contributed by atoms with Gasteiger partial charge in [0.05, 0.1) is 12.6 Å². The lowest BCUT2D eigenvalue weighted by molar-refractivity contribution is -0.138. The largest absolute Gasteiger partial charge is 0.497 e. The van der Waals surface area contributed by atoms with Crippen LogP contribution in [-0.4, -0.2) is 50.4 Å². The molecule has 0 aliphatic carbocycles. The van der Waals surface area contributed by atoms with E-state index in [1.807, 2.05) is 49.4 Å². The normalized spacial score (nSPS) is 12.3. The number of aliphatic carboxylic acids is 1. The molecule has 1 atom stereocenters. The number of rotatable bonds is 6. The summed E-state index contributed by atoms with van der Waals surface area (Å²) in [5.74, 6) is 0.752. The number of benzene rings is 2. The zero-order valence-corrected chi connectivity index (χ0v) is 18.3. The molecule has 30 heavy (non-hydrogen) atoms. The first-order chi connectivity index (χ1) is 14.4. The number of anilines is 1. The van der Waals surface area contributed by atoms with Gasteiger partial charge in [0.2, 0.25) is 5.95 Å². The number of methoxy groups -OCH3 is 1. The molecule has 2 aromatic carbocycles. The summed E-state index contributed by atoms with van der Waals surface area (Å²) >= 11 is 3.55. The van der Waals surface area contributed by atoms with Crippen molar-refractivity contribution in [2.75, 3.05) is 18.6 Å². The molecule has 8 nitrogen and oxygen atoms in total. The van der Waals surface area contributed by atoms with E-state index in [0.717, 1.165) is 21.2 Å². The number of aromatic nitrogens is 4. The predicted molar refractivity (Wildman–Crippen MR) is 118 cm³/mol. The Labute approximate surface area is 181 Å². The summed E-state index contributed by atoms with van der Waals surface area (Å²) in [6, 6.07) is 12.4. The molecule has 4 aromatic rings. The topological polar surface area (TPSA) is 92.9 Å². The summed E-state index contributed by atoms with van der Waals surface area (Å²) in [5.41, 5.74) is 2.13. The molecule has 9 heteroatoms. The number of nitrogens with zero attached hydrogens (tertiary/aromatic N) is 5. The van der Waals surface area contributed by atoms with Gasteiger partial charge in [0.15, 0.2) is 11.5 Å². The van der Waals surface area contributed by atoms with Crippen LogP contribution in [0.15, 0.2) is 46.9 Å². The molecule has 0 amide bonds. The highest BCUT2D eigenvalue weighted by molar-refractivity contribution is 9.10. The molecule has 0 aliphatic heterocycles. The molecule has 2 aromatic heterocycles. The summed E-state index contributed by atoms with van der Waals surface area (Å²) in [7, 11) is 1.61. The maximum atomic E-state index is 11.7. The van der Waals surface area contributed by atoms with Crippen LogP contribution in [0.4, 0.5) is 5.95 Å². The van der Waals surface area contributed by atoms with Crippen molar-refractivity contribution < 1.29 is 14.6 Å². The van der Waals surface area contributed by atoms with Gasteiger partial charge in [-0.2, -0.15) is 4.52 Å². The highest BCUT2D eigenvalue weighted by atomic mass is 79.9. The zero-order chi connectivity index (χ0) is 21.4. The number of halogens is 1. The van der Waals surface area contributed by atoms with Crippen molar-refractivity contribution in [1.29, 1.82) is 0 Å². The van der Waals surface area contributed by atoms with E-state index < -0.39 is 12.0 Å². The molecule has 0 unspecified atom stereocenters. The van der Waals surface area contributed by atoms with Crippen LogP contribution in [0.25, 0.3) is 27.9 Å². The van der Waals surface area contributed by atoms with E-state index in [1.165, 1.54) is 0 Å². The molecule has 1 N–H and O–H groups in total. The van der Waals surface area contributed by atoms with Crippen molar-refractivity contribution in [2.45, 2.75) is 19.9 Å². The van der Waals surface area contributed by atoms with Crippen LogP contribution < -0.4 is 9.64 Å². The average molecular weight is 470 g/mol. The van der Waals surface area contributed by atoms with E-state index in [9.17, 15) is 9.90 Å². The maximum absolute atomic E-state index is 11.7. The van der Waals surface area contributed by atoms with Crippen molar-refractivity contribution in [1.82, 2.24) is 19.6 Å². The van der Waals surface area contributed by atoms with Gasteiger partial charge in [-0.25, -0.2) is 14.8 Å². The lowest BCUT2D eigenvalue weighted by atomic mass is 10.2. The Kier molecular flexibility index (Phi) is 5.29. The van der Waals surface area contributed by atoms with Crippen LogP contribution in [0.5, 0.6) is 5.75 Å². The van der Waals surface area contributed by atoms with Gasteiger partial charge in [-0.05, 0) is 66.2 Å². The lowest BCUT2D eigenvalue weighted by Crippen LogP contribution is -2.40. The van der Waals surface area contributed by atoms with Crippen molar-refractivity contribution in [3.63, 3.8) is 0 Å². The van der Waals surface area contributed by atoms with Crippen molar-refractivity contribution in [3.8, 4) is 17.1 Å². The SMILES string of the molecule is CCN(c1nc2c(Br)cccc2c2nc(-c3ccc(OC)cc3)nn12)[C@H](C)C(=O)O. The quantitative estimate of drug-likeness (QED) is 0.455. The fraction of sp³-hybridized carbons (Fsp3) is 0.238. The minimum atomic E-state index is -0.936.